The first-order valence-corrected chi connectivity index (χ1v) is 7.53. The fourth-order valence-corrected chi connectivity index (χ4v) is 2.28. The summed E-state index contributed by atoms with van der Waals surface area (Å²) in [4.78, 5) is 11.8. The minimum Gasteiger partial charge on any atom is -0.497 e. The molecule has 128 valence electrons. The fraction of sp³-hybridized carbons (Fsp3) is 0.278. The van der Waals surface area contributed by atoms with Crippen molar-refractivity contribution in [1.82, 2.24) is 5.32 Å². The predicted molar refractivity (Wildman–Crippen MR) is 85.6 cm³/mol. The number of nitrogens with one attached hydrogen (secondary N) is 1. The monoisotopic (exact) mass is 335 g/mol. The van der Waals surface area contributed by atoms with E-state index in [0.29, 0.717) is 6.42 Å². The van der Waals surface area contributed by atoms with Gasteiger partial charge in [-0.15, -0.1) is 0 Å². The van der Waals surface area contributed by atoms with Crippen LogP contribution in [-0.4, -0.2) is 24.7 Å². The summed E-state index contributed by atoms with van der Waals surface area (Å²) in [5, 5.41) is 12.3. The Bertz CT molecular complexity index is 669. The highest BCUT2D eigenvalue weighted by Gasteiger charge is 2.18. The molecule has 1 amide bonds. The summed E-state index contributed by atoms with van der Waals surface area (Å²) in [6.07, 6.45) is -0.713. The maximum atomic E-state index is 13.5. The molecule has 1 unspecified atom stereocenters. The Morgan fingerprint density at radius 2 is 1.79 bits per heavy atom. The average molecular weight is 335 g/mol. The van der Waals surface area contributed by atoms with Crippen LogP contribution in [0.5, 0.6) is 5.75 Å². The summed E-state index contributed by atoms with van der Waals surface area (Å²) >= 11 is 0. The Kier molecular flexibility index (Phi) is 6.26. The molecule has 0 radical (unpaired) electrons. The number of benzene rings is 2. The Hall–Kier alpha value is -2.47. The molecule has 2 N–H and O–H groups in total. The van der Waals surface area contributed by atoms with Gasteiger partial charge in [0.1, 0.15) is 23.5 Å². The van der Waals surface area contributed by atoms with E-state index in [1.54, 1.807) is 19.2 Å². The number of methoxy groups -OCH3 is 1. The van der Waals surface area contributed by atoms with Crippen LogP contribution < -0.4 is 10.1 Å². The van der Waals surface area contributed by atoms with Crippen LogP contribution in [0, 0.1) is 11.6 Å². The first-order chi connectivity index (χ1) is 11.5. The second kappa shape index (κ2) is 8.40. The second-order valence-electron chi connectivity index (χ2n) is 5.30. The molecule has 0 bridgehead atoms. The number of aliphatic hydroxyl groups is 1. The lowest BCUT2D eigenvalue weighted by Crippen LogP contribution is -2.29. The molecule has 0 aliphatic rings. The fourth-order valence-electron chi connectivity index (χ4n) is 2.28. The van der Waals surface area contributed by atoms with Gasteiger partial charge in [-0.05, 0) is 36.2 Å². The van der Waals surface area contributed by atoms with E-state index in [1.165, 1.54) is 6.07 Å². The number of carbonyl (C=O) groups excluding carboxylic acids is 1. The second-order valence-corrected chi connectivity index (χ2v) is 5.30. The van der Waals surface area contributed by atoms with E-state index < -0.39 is 23.3 Å². The first-order valence-electron chi connectivity index (χ1n) is 7.53. The molecule has 2 aromatic rings. The maximum absolute atomic E-state index is 13.5. The zero-order valence-electron chi connectivity index (χ0n) is 13.3. The zero-order chi connectivity index (χ0) is 17.5. The number of ether oxygens (including phenoxy) is 1. The minimum atomic E-state index is -1.43. The van der Waals surface area contributed by atoms with Crippen molar-refractivity contribution in [3.8, 4) is 5.75 Å². The standard InChI is InChI=1S/C18H19F2NO3/c1-24-13-8-5-12(6-9-13)7-10-17(23)21-11-16(22)18-14(19)3-2-4-15(18)20/h2-6,8-9,16,22H,7,10-11H2,1H3,(H,21,23). The van der Waals surface area contributed by atoms with Crippen molar-refractivity contribution < 1.29 is 23.4 Å². The molecule has 0 aliphatic heterocycles. The molecule has 6 heteroatoms. The molecule has 4 nitrogen and oxygen atoms in total. The van der Waals surface area contributed by atoms with Gasteiger partial charge in [-0.3, -0.25) is 4.79 Å². The van der Waals surface area contributed by atoms with E-state index in [4.69, 9.17) is 4.74 Å². The van der Waals surface area contributed by atoms with E-state index in [2.05, 4.69) is 5.32 Å². The van der Waals surface area contributed by atoms with Gasteiger partial charge in [-0.1, -0.05) is 18.2 Å². The van der Waals surface area contributed by atoms with Gasteiger partial charge in [-0.25, -0.2) is 8.78 Å². The number of aliphatic hydroxyl groups excluding tert-OH is 1. The van der Waals surface area contributed by atoms with Gasteiger partial charge in [0, 0.05) is 13.0 Å². The lowest BCUT2D eigenvalue weighted by atomic mass is 10.1. The quantitative estimate of drug-likeness (QED) is 0.818. The molecule has 0 aliphatic carbocycles. The highest BCUT2D eigenvalue weighted by atomic mass is 19.1. The maximum Gasteiger partial charge on any atom is 0.220 e. The van der Waals surface area contributed by atoms with Crippen LogP contribution in [0.2, 0.25) is 0 Å². The first kappa shape index (κ1) is 17.9. The highest BCUT2D eigenvalue weighted by molar-refractivity contribution is 5.76. The number of halogens is 2. The number of amides is 1. The summed E-state index contributed by atoms with van der Waals surface area (Å²) in [6, 6.07) is 10.7. The van der Waals surface area contributed by atoms with Gasteiger partial charge >= 0.3 is 0 Å². The summed E-state index contributed by atoms with van der Waals surface area (Å²) in [5.41, 5.74) is 0.527. The molecule has 0 spiro atoms. The van der Waals surface area contributed by atoms with Crippen molar-refractivity contribution in [3.63, 3.8) is 0 Å². The number of carbonyl (C=O) groups is 1. The van der Waals surface area contributed by atoms with Crippen LogP contribution in [0.4, 0.5) is 8.78 Å². The van der Waals surface area contributed by atoms with Gasteiger partial charge in [0.25, 0.3) is 0 Å². The molecule has 0 saturated carbocycles. The van der Waals surface area contributed by atoms with E-state index in [-0.39, 0.29) is 18.9 Å². The Balaban J connectivity index is 1.82. The number of hydrogen-bond acceptors (Lipinski definition) is 3. The van der Waals surface area contributed by atoms with Crippen LogP contribution in [-0.2, 0) is 11.2 Å². The average Bonchev–Trinajstić information content (AvgIpc) is 2.58. The number of hydrogen-bond donors (Lipinski definition) is 2. The third-order valence-electron chi connectivity index (χ3n) is 3.63. The molecule has 1 atom stereocenters. The topological polar surface area (TPSA) is 58.6 Å². The minimum absolute atomic E-state index is 0.207. The zero-order valence-corrected chi connectivity index (χ0v) is 13.3. The molecule has 2 rings (SSSR count). The van der Waals surface area contributed by atoms with E-state index in [9.17, 15) is 18.7 Å². The molecular formula is C18H19F2NO3. The molecule has 0 heterocycles. The van der Waals surface area contributed by atoms with E-state index >= 15 is 0 Å². The molecule has 0 aromatic heterocycles. The Morgan fingerprint density at radius 3 is 2.38 bits per heavy atom. The highest BCUT2D eigenvalue weighted by Crippen LogP contribution is 2.20. The van der Waals surface area contributed by atoms with Gasteiger partial charge in [0.05, 0.1) is 12.7 Å². The lowest BCUT2D eigenvalue weighted by molar-refractivity contribution is -0.121. The summed E-state index contributed by atoms with van der Waals surface area (Å²) < 4.78 is 32.1. The van der Waals surface area contributed by atoms with Crippen LogP contribution >= 0.6 is 0 Å². The SMILES string of the molecule is COc1ccc(CCC(=O)NCC(O)c2c(F)cccc2F)cc1. The van der Waals surface area contributed by atoms with Crippen LogP contribution in [0.15, 0.2) is 42.5 Å². The van der Waals surface area contributed by atoms with Crippen molar-refractivity contribution in [2.75, 3.05) is 13.7 Å². The molecular weight excluding hydrogens is 316 g/mol. The van der Waals surface area contributed by atoms with Crippen LogP contribution in [0.3, 0.4) is 0 Å². The Labute approximate surface area is 139 Å². The van der Waals surface area contributed by atoms with Crippen molar-refractivity contribution in [1.29, 1.82) is 0 Å². The lowest BCUT2D eigenvalue weighted by Gasteiger charge is -2.14. The molecule has 0 saturated heterocycles. The van der Waals surface area contributed by atoms with Gasteiger partial charge < -0.3 is 15.2 Å². The molecule has 2 aromatic carbocycles. The summed E-state index contributed by atoms with van der Waals surface area (Å²) in [6.45, 7) is -0.251. The van der Waals surface area contributed by atoms with Crippen molar-refractivity contribution >= 4 is 5.91 Å². The third-order valence-corrected chi connectivity index (χ3v) is 3.63. The van der Waals surface area contributed by atoms with Gasteiger partial charge in [-0.2, -0.15) is 0 Å². The van der Waals surface area contributed by atoms with Crippen LogP contribution in [0.25, 0.3) is 0 Å². The molecule has 24 heavy (non-hydrogen) atoms. The van der Waals surface area contributed by atoms with Gasteiger partial charge in [0.2, 0.25) is 5.91 Å². The Morgan fingerprint density at radius 1 is 1.17 bits per heavy atom. The van der Waals surface area contributed by atoms with Crippen LogP contribution in [0.1, 0.15) is 23.7 Å². The van der Waals surface area contributed by atoms with Crippen molar-refractivity contribution in [3.05, 3.63) is 65.2 Å². The van der Waals surface area contributed by atoms with Crippen molar-refractivity contribution in [2.45, 2.75) is 18.9 Å². The largest absolute Gasteiger partial charge is 0.497 e. The predicted octanol–water partition coefficient (Wildman–Crippen LogP) is 2.76. The third kappa shape index (κ3) is 4.76. The normalized spacial score (nSPS) is 11.8. The summed E-state index contributed by atoms with van der Waals surface area (Å²) in [7, 11) is 1.58. The van der Waals surface area contributed by atoms with E-state index in [0.717, 1.165) is 23.4 Å². The number of rotatable bonds is 7. The summed E-state index contributed by atoms with van der Waals surface area (Å²) in [5.74, 6) is -1.25. The van der Waals surface area contributed by atoms with Crippen molar-refractivity contribution in [2.24, 2.45) is 0 Å². The van der Waals surface area contributed by atoms with E-state index in [1.807, 2.05) is 12.1 Å². The number of aryl methyl sites for hydroxylation is 1. The molecule has 0 fully saturated rings. The van der Waals surface area contributed by atoms with Gasteiger partial charge in [0.15, 0.2) is 0 Å². The smallest absolute Gasteiger partial charge is 0.220 e.